The van der Waals surface area contributed by atoms with Gasteiger partial charge in [-0.3, -0.25) is 4.79 Å². The zero-order valence-corrected chi connectivity index (χ0v) is 11.8. The highest BCUT2D eigenvalue weighted by Gasteiger charge is 2.30. The van der Waals surface area contributed by atoms with Gasteiger partial charge in [0.25, 0.3) is 0 Å². The van der Waals surface area contributed by atoms with E-state index in [1.807, 2.05) is 0 Å². The second-order valence-corrected chi connectivity index (χ2v) is 6.88. The van der Waals surface area contributed by atoms with Gasteiger partial charge in [-0.15, -0.1) is 0 Å². The van der Waals surface area contributed by atoms with Crippen LogP contribution in [0.4, 0.5) is 0 Å². The number of hydrogen-bond acceptors (Lipinski definition) is 4. The Balaban J connectivity index is 2.00. The van der Waals surface area contributed by atoms with Gasteiger partial charge >= 0.3 is 0 Å². The van der Waals surface area contributed by atoms with E-state index in [1.54, 1.807) is 17.0 Å². The zero-order valence-electron chi connectivity index (χ0n) is 11.0. The maximum absolute atomic E-state index is 12.2. The molecule has 1 unspecified atom stereocenters. The Morgan fingerprint density at radius 3 is 2.60 bits per heavy atom. The summed E-state index contributed by atoms with van der Waals surface area (Å²) in [6.07, 6.45) is 1.34. The van der Waals surface area contributed by atoms with Crippen LogP contribution in [0.15, 0.2) is 24.3 Å². The van der Waals surface area contributed by atoms with E-state index in [0.29, 0.717) is 19.4 Å². The number of primary sulfonamides is 1. The number of nitrogens with two attached hydrogens (primary N) is 1. The molecule has 1 aromatic rings. The van der Waals surface area contributed by atoms with Crippen LogP contribution in [0.3, 0.4) is 0 Å². The average molecular weight is 298 g/mol. The lowest BCUT2D eigenvalue weighted by Gasteiger charge is -2.31. The summed E-state index contributed by atoms with van der Waals surface area (Å²) in [5, 5.41) is 13.7. The molecule has 0 spiro atoms. The summed E-state index contributed by atoms with van der Waals surface area (Å²) in [6, 6.07) is 6.39. The molecular weight excluding hydrogens is 280 g/mol. The number of phenols is 1. The SMILES string of the molecule is NS(=O)(=O)C1CCCN(C(=O)Cc2ccc(O)cc2)C1. The van der Waals surface area contributed by atoms with Crippen LogP contribution in [-0.4, -0.2) is 42.7 Å². The molecule has 1 amide bonds. The van der Waals surface area contributed by atoms with Crippen molar-refractivity contribution in [3.63, 3.8) is 0 Å². The first kappa shape index (κ1) is 14.8. The Kier molecular flexibility index (Phi) is 4.29. The first-order chi connectivity index (χ1) is 9.36. The molecule has 1 heterocycles. The molecule has 1 aromatic carbocycles. The normalized spacial score (nSPS) is 19.9. The van der Waals surface area contributed by atoms with Crippen molar-refractivity contribution in [1.29, 1.82) is 0 Å². The number of likely N-dealkylation sites (tertiary alicyclic amines) is 1. The van der Waals surface area contributed by atoms with Gasteiger partial charge in [-0.2, -0.15) is 0 Å². The molecule has 110 valence electrons. The molecule has 20 heavy (non-hydrogen) atoms. The van der Waals surface area contributed by atoms with Gasteiger partial charge < -0.3 is 10.0 Å². The first-order valence-corrected chi connectivity index (χ1v) is 8.04. The molecule has 3 N–H and O–H groups in total. The number of rotatable bonds is 3. The van der Waals surface area contributed by atoms with Crippen LogP contribution in [0.2, 0.25) is 0 Å². The third kappa shape index (κ3) is 3.71. The fraction of sp³-hybridized carbons (Fsp3) is 0.462. The number of aromatic hydroxyl groups is 1. The summed E-state index contributed by atoms with van der Waals surface area (Å²) in [5.41, 5.74) is 0.783. The van der Waals surface area contributed by atoms with Crippen molar-refractivity contribution in [1.82, 2.24) is 4.90 Å². The zero-order chi connectivity index (χ0) is 14.8. The van der Waals surface area contributed by atoms with Crippen molar-refractivity contribution in [2.24, 2.45) is 5.14 Å². The van der Waals surface area contributed by atoms with Gasteiger partial charge in [-0.25, -0.2) is 13.6 Å². The lowest BCUT2D eigenvalue weighted by Crippen LogP contribution is -2.47. The lowest BCUT2D eigenvalue weighted by molar-refractivity contribution is -0.131. The molecular formula is C13H18N2O4S. The number of carbonyl (C=O) groups excluding carboxylic acids is 1. The van der Waals surface area contributed by atoms with Gasteiger partial charge in [0.05, 0.1) is 11.7 Å². The van der Waals surface area contributed by atoms with Crippen molar-refractivity contribution in [2.75, 3.05) is 13.1 Å². The second kappa shape index (κ2) is 5.80. The van der Waals surface area contributed by atoms with Gasteiger partial charge in [-0.1, -0.05) is 12.1 Å². The highest BCUT2D eigenvalue weighted by Crippen LogP contribution is 2.17. The topological polar surface area (TPSA) is 101 Å². The molecule has 2 rings (SSSR count). The van der Waals surface area contributed by atoms with Gasteiger partial charge in [0.1, 0.15) is 5.75 Å². The van der Waals surface area contributed by atoms with Crippen molar-refractivity contribution >= 4 is 15.9 Å². The Morgan fingerprint density at radius 2 is 2.00 bits per heavy atom. The minimum absolute atomic E-state index is 0.121. The summed E-state index contributed by atoms with van der Waals surface area (Å²) in [6.45, 7) is 0.721. The van der Waals surface area contributed by atoms with E-state index in [-0.39, 0.29) is 24.6 Å². The highest BCUT2D eigenvalue weighted by atomic mass is 32.2. The minimum atomic E-state index is -3.60. The molecule has 1 aliphatic rings. The maximum Gasteiger partial charge on any atom is 0.227 e. The molecule has 7 heteroatoms. The fourth-order valence-corrected chi connectivity index (χ4v) is 3.22. The van der Waals surface area contributed by atoms with E-state index in [4.69, 9.17) is 5.14 Å². The van der Waals surface area contributed by atoms with Crippen LogP contribution in [0.1, 0.15) is 18.4 Å². The monoisotopic (exact) mass is 298 g/mol. The number of carbonyl (C=O) groups is 1. The van der Waals surface area contributed by atoms with Gasteiger partial charge in [0, 0.05) is 13.1 Å². The smallest absolute Gasteiger partial charge is 0.227 e. The van der Waals surface area contributed by atoms with Gasteiger partial charge in [-0.05, 0) is 30.5 Å². The summed E-state index contributed by atoms with van der Waals surface area (Å²) in [7, 11) is -3.60. The van der Waals surface area contributed by atoms with Crippen LogP contribution in [0, 0.1) is 0 Å². The summed E-state index contributed by atoms with van der Waals surface area (Å²) < 4.78 is 22.7. The van der Waals surface area contributed by atoms with E-state index in [0.717, 1.165) is 5.56 Å². The Bertz CT molecular complexity index is 583. The Hall–Kier alpha value is -1.60. The average Bonchev–Trinajstić information content (AvgIpc) is 2.40. The predicted molar refractivity (Wildman–Crippen MR) is 74.5 cm³/mol. The summed E-state index contributed by atoms with van der Waals surface area (Å²) in [4.78, 5) is 13.7. The lowest BCUT2D eigenvalue weighted by atomic mass is 10.1. The van der Waals surface area contributed by atoms with E-state index in [9.17, 15) is 18.3 Å². The van der Waals surface area contributed by atoms with Crippen LogP contribution < -0.4 is 5.14 Å². The standard InChI is InChI=1S/C13H18N2O4S/c14-20(18,19)12-2-1-7-15(9-12)13(17)8-10-3-5-11(16)6-4-10/h3-6,12,16H,1-2,7-9H2,(H2,14,18,19). The fourth-order valence-electron chi connectivity index (χ4n) is 2.33. The van der Waals surface area contributed by atoms with Crippen molar-refractivity contribution in [2.45, 2.75) is 24.5 Å². The molecule has 1 saturated heterocycles. The highest BCUT2D eigenvalue weighted by molar-refractivity contribution is 7.89. The summed E-state index contributed by atoms with van der Waals surface area (Å²) in [5.74, 6) is 0.0255. The largest absolute Gasteiger partial charge is 0.508 e. The molecule has 1 aliphatic heterocycles. The number of benzene rings is 1. The number of sulfonamides is 1. The van der Waals surface area contributed by atoms with Crippen LogP contribution in [0.5, 0.6) is 5.75 Å². The molecule has 1 fully saturated rings. The second-order valence-electron chi connectivity index (χ2n) is 5.04. The molecule has 1 atom stereocenters. The molecule has 0 bridgehead atoms. The van der Waals surface area contributed by atoms with E-state index >= 15 is 0 Å². The summed E-state index contributed by atoms with van der Waals surface area (Å²) >= 11 is 0. The molecule has 0 radical (unpaired) electrons. The Labute approximate surface area is 118 Å². The molecule has 0 aromatic heterocycles. The predicted octanol–water partition coefficient (Wildman–Crippen LogP) is 0.214. The van der Waals surface area contributed by atoms with Gasteiger partial charge in [0.15, 0.2) is 0 Å². The quantitative estimate of drug-likeness (QED) is 0.833. The van der Waals surface area contributed by atoms with Gasteiger partial charge in [0.2, 0.25) is 15.9 Å². The van der Waals surface area contributed by atoms with E-state index in [2.05, 4.69) is 0 Å². The van der Waals surface area contributed by atoms with Crippen LogP contribution in [0.25, 0.3) is 0 Å². The van der Waals surface area contributed by atoms with Crippen molar-refractivity contribution in [3.8, 4) is 5.75 Å². The van der Waals surface area contributed by atoms with Crippen LogP contribution >= 0.6 is 0 Å². The van der Waals surface area contributed by atoms with E-state index < -0.39 is 15.3 Å². The maximum atomic E-state index is 12.2. The van der Waals surface area contributed by atoms with Crippen molar-refractivity contribution in [3.05, 3.63) is 29.8 Å². The number of phenolic OH excluding ortho intramolecular Hbond substituents is 1. The molecule has 6 nitrogen and oxygen atoms in total. The Morgan fingerprint density at radius 1 is 1.35 bits per heavy atom. The molecule has 0 saturated carbocycles. The number of hydrogen-bond donors (Lipinski definition) is 2. The van der Waals surface area contributed by atoms with E-state index in [1.165, 1.54) is 12.1 Å². The first-order valence-electron chi connectivity index (χ1n) is 6.43. The number of piperidine rings is 1. The van der Waals surface area contributed by atoms with Crippen molar-refractivity contribution < 1.29 is 18.3 Å². The third-order valence-electron chi connectivity index (χ3n) is 3.49. The number of nitrogens with zero attached hydrogens (tertiary/aromatic N) is 1. The third-order valence-corrected chi connectivity index (χ3v) is 4.80. The minimum Gasteiger partial charge on any atom is -0.508 e. The number of amides is 1. The molecule has 0 aliphatic carbocycles. The van der Waals surface area contributed by atoms with Crippen LogP contribution in [-0.2, 0) is 21.2 Å².